The molecular weight excluding hydrogens is 408 g/mol. The van der Waals surface area contributed by atoms with Gasteiger partial charge in [-0.2, -0.15) is 5.26 Å². The number of nitrogens with zero attached hydrogens (tertiary/aromatic N) is 3. The summed E-state index contributed by atoms with van der Waals surface area (Å²) in [4.78, 5) is 30.2. The molecule has 0 aliphatic carbocycles. The summed E-state index contributed by atoms with van der Waals surface area (Å²) in [6, 6.07) is 5.97. The lowest BCUT2D eigenvalue weighted by atomic mass is 9.90. The Bertz CT molecular complexity index is 855. The molecule has 10 heteroatoms. The number of hydrogen-bond acceptors (Lipinski definition) is 8. The highest BCUT2D eigenvalue weighted by atomic mass is 32.2. The average molecular weight is 433 g/mol. The number of nitriles is 1. The van der Waals surface area contributed by atoms with Crippen LogP contribution in [0.15, 0.2) is 35.1 Å². The van der Waals surface area contributed by atoms with E-state index in [-0.39, 0.29) is 29.4 Å². The van der Waals surface area contributed by atoms with E-state index in [4.69, 9.17) is 14.9 Å². The van der Waals surface area contributed by atoms with Crippen LogP contribution in [0.3, 0.4) is 0 Å². The van der Waals surface area contributed by atoms with E-state index in [1.54, 1.807) is 12.4 Å². The largest absolute Gasteiger partial charge is 0.444 e. The van der Waals surface area contributed by atoms with Crippen molar-refractivity contribution >= 4 is 23.8 Å². The van der Waals surface area contributed by atoms with Crippen LogP contribution in [-0.4, -0.2) is 63.3 Å². The highest BCUT2D eigenvalue weighted by molar-refractivity contribution is 8.04. The maximum atomic E-state index is 12.6. The van der Waals surface area contributed by atoms with Gasteiger partial charge >= 0.3 is 6.09 Å². The lowest BCUT2D eigenvalue weighted by Gasteiger charge is -2.33. The third kappa shape index (κ3) is 5.30. The number of aliphatic hydroxyl groups excluding tert-OH is 1. The van der Waals surface area contributed by atoms with Crippen LogP contribution in [0.4, 0.5) is 4.79 Å². The van der Waals surface area contributed by atoms with Crippen molar-refractivity contribution in [2.45, 2.75) is 37.2 Å². The van der Waals surface area contributed by atoms with Crippen LogP contribution in [0.25, 0.3) is 0 Å². The topological polar surface area (TPSA) is 136 Å². The molecule has 3 rings (SSSR count). The Morgan fingerprint density at radius 1 is 1.50 bits per heavy atom. The molecule has 1 aromatic heterocycles. The fourth-order valence-corrected chi connectivity index (χ4v) is 5.11. The number of aromatic nitrogens is 1. The lowest BCUT2D eigenvalue weighted by Crippen LogP contribution is -2.45. The molecule has 1 aromatic rings. The number of nitrogens with one attached hydrogen (secondary N) is 1. The molecule has 3 heterocycles. The van der Waals surface area contributed by atoms with Gasteiger partial charge in [-0.1, -0.05) is 13.0 Å². The van der Waals surface area contributed by atoms with Crippen molar-refractivity contribution in [1.82, 2.24) is 15.2 Å². The first-order valence-electron chi connectivity index (χ1n) is 9.67. The Labute approximate surface area is 178 Å². The summed E-state index contributed by atoms with van der Waals surface area (Å²) in [6.45, 7) is 2.21. The number of fused-ring (bicyclic) bond motifs is 1. The van der Waals surface area contributed by atoms with Gasteiger partial charge in [0.2, 0.25) is 5.91 Å². The molecule has 0 radical (unpaired) electrons. The first kappa shape index (κ1) is 22.1. The average Bonchev–Trinajstić information content (AvgIpc) is 3.08. The molecule has 2 aliphatic heterocycles. The van der Waals surface area contributed by atoms with E-state index in [2.05, 4.69) is 16.4 Å². The van der Waals surface area contributed by atoms with Gasteiger partial charge in [-0.25, -0.2) is 4.79 Å². The molecule has 3 unspecified atom stereocenters. The molecule has 9 nitrogen and oxygen atoms in total. The molecule has 0 spiro atoms. The highest BCUT2D eigenvalue weighted by Gasteiger charge is 2.41. The monoisotopic (exact) mass is 432 g/mol. The van der Waals surface area contributed by atoms with E-state index >= 15 is 0 Å². The second-order valence-electron chi connectivity index (χ2n) is 7.35. The zero-order valence-electron chi connectivity index (χ0n) is 16.5. The van der Waals surface area contributed by atoms with Gasteiger partial charge < -0.3 is 25.2 Å². The Kier molecular flexibility index (Phi) is 7.31. The van der Waals surface area contributed by atoms with Crippen LogP contribution in [0, 0.1) is 17.2 Å². The highest BCUT2D eigenvalue weighted by Crippen LogP contribution is 2.44. The summed E-state index contributed by atoms with van der Waals surface area (Å²) in [5, 5.41) is 30.7. The molecule has 2 aliphatic rings. The van der Waals surface area contributed by atoms with Gasteiger partial charge in [0, 0.05) is 43.1 Å². The molecule has 0 bridgehead atoms. The van der Waals surface area contributed by atoms with E-state index in [0.29, 0.717) is 30.1 Å². The minimum atomic E-state index is -1.71. The van der Waals surface area contributed by atoms with Crippen LogP contribution in [0.2, 0.25) is 0 Å². The van der Waals surface area contributed by atoms with Gasteiger partial charge in [0.25, 0.3) is 0 Å². The molecule has 0 saturated carbocycles. The number of ether oxygens (including phenoxy) is 1. The van der Waals surface area contributed by atoms with E-state index in [1.165, 1.54) is 16.7 Å². The zero-order chi connectivity index (χ0) is 21.7. The molecule has 0 aromatic carbocycles. The molecule has 30 heavy (non-hydrogen) atoms. The number of pyridine rings is 1. The van der Waals surface area contributed by atoms with Gasteiger partial charge in [-0.15, -0.1) is 11.8 Å². The Morgan fingerprint density at radius 2 is 2.30 bits per heavy atom. The molecule has 3 atom stereocenters. The van der Waals surface area contributed by atoms with Crippen LogP contribution in [0.1, 0.15) is 31.2 Å². The van der Waals surface area contributed by atoms with Gasteiger partial charge in [-0.3, -0.25) is 9.78 Å². The van der Waals surface area contributed by atoms with E-state index in [9.17, 15) is 14.9 Å². The van der Waals surface area contributed by atoms with Crippen LogP contribution < -0.4 is 5.32 Å². The van der Waals surface area contributed by atoms with E-state index in [1.807, 2.05) is 19.1 Å². The maximum absolute atomic E-state index is 12.6. The second-order valence-corrected chi connectivity index (χ2v) is 8.60. The number of carbonyl (C=O) groups excluding carboxylic acids is 2. The third-order valence-electron chi connectivity index (χ3n) is 5.18. The molecule has 1 saturated heterocycles. The summed E-state index contributed by atoms with van der Waals surface area (Å²) >= 11 is 1.39. The molecule has 1 fully saturated rings. The van der Waals surface area contributed by atoms with Crippen LogP contribution in [0.5, 0.6) is 0 Å². The Morgan fingerprint density at radius 3 is 2.97 bits per heavy atom. The number of likely N-dealkylation sites (tertiary alicyclic amines) is 1. The minimum absolute atomic E-state index is 0.00865. The van der Waals surface area contributed by atoms with Gasteiger partial charge in [0.05, 0.1) is 16.7 Å². The number of rotatable bonds is 6. The number of amides is 2. The quantitative estimate of drug-likeness (QED) is 0.573. The lowest BCUT2D eigenvalue weighted by molar-refractivity contribution is -0.120. The van der Waals surface area contributed by atoms with Gasteiger partial charge in [0.1, 0.15) is 6.61 Å². The fraction of sp³-hybridized carbons (Fsp3) is 0.500. The zero-order valence-corrected chi connectivity index (χ0v) is 17.3. The predicted molar refractivity (Wildman–Crippen MR) is 109 cm³/mol. The standard InChI is InChI=1S/C20H24N4O5S/c1-12(13-3-2-5-22-9-13)7-17(25)23-19-15(8-21)14-4-6-24(10-16(14)30-19)20(28)29-11-18(26)27/h2-3,5,9,12,14,16,18,26-27H,4,6-7,10-11H2,1H3,(H,23,25). The van der Waals surface area contributed by atoms with E-state index < -0.39 is 19.0 Å². The number of piperidine rings is 1. The summed E-state index contributed by atoms with van der Waals surface area (Å²) in [7, 11) is 0. The minimum Gasteiger partial charge on any atom is -0.444 e. The smallest absolute Gasteiger partial charge is 0.409 e. The summed E-state index contributed by atoms with van der Waals surface area (Å²) in [5.74, 6) is -0.224. The van der Waals surface area contributed by atoms with Crippen molar-refractivity contribution in [1.29, 1.82) is 5.26 Å². The van der Waals surface area contributed by atoms with Crippen molar-refractivity contribution in [3.05, 3.63) is 40.7 Å². The third-order valence-corrected chi connectivity index (χ3v) is 6.51. The summed E-state index contributed by atoms with van der Waals surface area (Å²) < 4.78 is 4.85. The molecule has 160 valence electrons. The van der Waals surface area contributed by atoms with Crippen LogP contribution >= 0.6 is 11.8 Å². The van der Waals surface area contributed by atoms with Crippen molar-refractivity contribution in [3.63, 3.8) is 0 Å². The Balaban J connectivity index is 1.58. The molecule has 3 N–H and O–H groups in total. The van der Waals surface area contributed by atoms with Crippen molar-refractivity contribution in [2.75, 3.05) is 19.7 Å². The van der Waals surface area contributed by atoms with Gasteiger partial charge in [0.15, 0.2) is 6.29 Å². The number of thioether (sulfide) groups is 1. The van der Waals surface area contributed by atoms with Crippen molar-refractivity contribution < 1.29 is 24.5 Å². The van der Waals surface area contributed by atoms with Crippen LogP contribution in [-0.2, 0) is 9.53 Å². The number of aliphatic hydroxyl groups is 2. The second kappa shape index (κ2) is 9.93. The SMILES string of the molecule is CC(CC(=O)NC1=C(C#N)C2CCN(C(=O)OCC(O)O)CC2S1)c1cccnc1. The van der Waals surface area contributed by atoms with Crippen molar-refractivity contribution in [2.24, 2.45) is 5.92 Å². The number of allylic oxidation sites excluding steroid dienone is 1. The fourth-order valence-electron chi connectivity index (χ4n) is 3.62. The van der Waals surface area contributed by atoms with Gasteiger partial charge in [-0.05, 0) is 24.0 Å². The predicted octanol–water partition coefficient (Wildman–Crippen LogP) is 1.31. The number of hydrogen-bond donors (Lipinski definition) is 3. The first-order chi connectivity index (χ1) is 14.4. The molecular formula is C20H24N4O5S. The maximum Gasteiger partial charge on any atom is 0.409 e. The summed E-state index contributed by atoms with van der Waals surface area (Å²) in [6.07, 6.45) is 1.93. The number of carbonyl (C=O) groups is 2. The first-order valence-corrected chi connectivity index (χ1v) is 10.6. The van der Waals surface area contributed by atoms with E-state index in [0.717, 1.165) is 5.56 Å². The summed E-state index contributed by atoms with van der Waals surface area (Å²) in [5.41, 5.74) is 1.52. The molecule has 2 amide bonds. The normalized spacial score (nSPS) is 21.8. The Hall–Kier alpha value is -2.61. The van der Waals surface area contributed by atoms with Crippen molar-refractivity contribution in [3.8, 4) is 6.07 Å².